The van der Waals surface area contributed by atoms with Gasteiger partial charge in [-0.15, -0.1) is 0 Å². The van der Waals surface area contributed by atoms with Gasteiger partial charge in [-0.2, -0.15) is 0 Å². The lowest BCUT2D eigenvalue weighted by Crippen LogP contribution is -2.13. The molecule has 0 radical (unpaired) electrons. The topological polar surface area (TPSA) is 78.7 Å². The maximum absolute atomic E-state index is 12.4. The molecular formula is C15H12BrNO5. The third-order valence-electron chi connectivity index (χ3n) is 3.02. The highest BCUT2D eigenvalue weighted by atomic mass is 79.9. The van der Waals surface area contributed by atoms with Gasteiger partial charge < -0.3 is 9.47 Å². The molecule has 0 fully saturated rings. The van der Waals surface area contributed by atoms with Crippen LogP contribution in [0.1, 0.15) is 15.9 Å². The first kappa shape index (κ1) is 16.0. The van der Waals surface area contributed by atoms with E-state index in [9.17, 15) is 14.9 Å². The molecule has 114 valence electrons. The lowest BCUT2D eigenvalue weighted by Gasteiger charge is -2.12. The number of hydrogen-bond acceptors (Lipinski definition) is 5. The fraction of sp³-hybridized carbons (Fsp3) is 0.133. The number of hydrogen-bond donors (Lipinski definition) is 0. The Morgan fingerprint density at radius 1 is 1.27 bits per heavy atom. The Kier molecular flexibility index (Phi) is 4.77. The van der Waals surface area contributed by atoms with Gasteiger partial charge in [-0.1, -0.05) is 18.2 Å². The molecule has 0 aliphatic rings. The quantitative estimate of drug-likeness (QED) is 0.355. The van der Waals surface area contributed by atoms with Crippen LogP contribution in [0.25, 0.3) is 0 Å². The first-order chi connectivity index (χ1) is 10.5. The van der Waals surface area contributed by atoms with Crippen LogP contribution in [-0.2, 0) is 0 Å². The Hall–Kier alpha value is -2.41. The normalized spacial score (nSPS) is 10.1. The molecule has 0 saturated carbocycles. The first-order valence-electron chi connectivity index (χ1n) is 6.24. The maximum Gasteiger partial charge on any atom is 0.347 e. The summed E-state index contributed by atoms with van der Waals surface area (Å²) in [5.74, 6) is -0.161. The van der Waals surface area contributed by atoms with E-state index >= 15 is 0 Å². The molecule has 0 aliphatic heterocycles. The minimum absolute atomic E-state index is 0.0289. The van der Waals surface area contributed by atoms with Crippen molar-refractivity contribution in [3.8, 4) is 11.5 Å². The third-order valence-corrected chi connectivity index (χ3v) is 3.63. The maximum atomic E-state index is 12.4. The Balaban J connectivity index is 2.51. The smallest absolute Gasteiger partial charge is 0.347 e. The van der Waals surface area contributed by atoms with Crippen molar-refractivity contribution in [3.63, 3.8) is 0 Å². The van der Waals surface area contributed by atoms with E-state index in [1.54, 1.807) is 30.3 Å². The van der Waals surface area contributed by atoms with Gasteiger partial charge in [0.05, 0.1) is 16.5 Å². The summed E-state index contributed by atoms with van der Waals surface area (Å²) in [6.45, 7) is 1.48. The molecule has 0 heterocycles. The van der Waals surface area contributed by atoms with Crippen LogP contribution in [0.5, 0.6) is 11.5 Å². The van der Waals surface area contributed by atoms with Gasteiger partial charge in [0.15, 0.2) is 0 Å². The molecule has 2 rings (SSSR count). The van der Waals surface area contributed by atoms with E-state index in [1.807, 2.05) is 0 Å². The van der Waals surface area contributed by atoms with Crippen LogP contribution >= 0.6 is 15.9 Å². The molecule has 0 saturated heterocycles. The van der Waals surface area contributed by atoms with Crippen LogP contribution in [0.3, 0.4) is 0 Å². The average molecular weight is 366 g/mol. The molecule has 0 atom stereocenters. The van der Waals surface area contributed by atoms with Crippen LogP contribution in [0.2, 0.25) is 0 Å². The minimum atomic E-state index is -0.712. The number of halogens is 1. The molecule has 22 heavy (non-hydrogen) atoms. The van der Waals surface area contributed by atoms with Crippen LogP contribution in [0, 0.1) is 17.0 Å². The van der Waals surface area contributed by atoms with Gasteiger partial charge in [0.25, 0.3) is 5.69 Å². The predicted octanol–water partition coefficient (Wildman–Crippen LogP) is 3.89. The first-order valence-corrected chi connectivity index (χ1v) is 7.03. The van der Waals surface area contributed by atoms with Crippen molar-refractivity contribution < 1.29 is 19.2 Å². The number of rotatable bonds is 4. The molecule has 0 amide bonds. The number of nitro benzene ring substituents is 1. The van der Waals surface area contributed by atoms with Crippen molar-refractivity contribution in [2.24, 2.45) is 0 Å². The summed E-state index contributed by atoms with van der Waals surface area (Å²) >= 11 is 3.12. The lowest BCUT2D eigenvalue weighted by atomic mass is 10.1. The summed E-state index contributed by atoms with van der Waals surface area (Å²) in [7, 11) is 1.38. The molecule has 0 bridgehead atoms. The molecule has 7 heteroatoms. The number of carbonyl (C=O) groups is 1. The number of methoxy groups -OCH3 is 1. The molecule has 0 aliphatic carbocycles. The van der Waals surface area contributed by atoms with Crippen molar-refractivity contribution in [1.29, 1.82) is 0 Å². The van der Waals surface area contributed by atoms with E-state index in [-0.39, 0.29) is 27.0 Å². The van der Waals surface area contributed by atoms with Gasteiger partial charge in [-0.05, 0) is 35.0 Å². The number of ether oxygens (including phenoxy) is 2. The average Bonchev–Trinajstić information content (AvgIpc) is 2.46. The van der Waals surface area contributed by atoms with E-state index in [1.165, 1.54) is 20.1 Å². The number of benzene rings is 2. The highest BCUT2D eigenvalue weighted by Gasteiger charge is 2.28. The van der Waals surface area contributed by atoms with E-state index in [0.717, 1.165) is 0 Å². The van der Waals surface area contributed by atoms with Crippen LogP contribution in [0.4, 0.5) is 5.69 Å². The number of nitrogens with zero attached hydrogens (tertiary/aromatic N) is 1. The fourth-order valence-electron chi connectivity index (χ4n) is 2.02. The van der Waals surface area contributed by atoms with E-state index in [2.05, 4.69) is 15.9 Å². The molecule has 0 aromatic heterocycles. The van der Waals surface area contributed by atoms with Gasteiger partial charge in [-0.3, -0.25) is 10.1 Å². The molecule has 0 unspecified atom stereocenters. The van der Waals surface area contributed by atoms with Crippen LogP contribution < -0.4 is 9.47 Å². The van der Waals surface area contributed by atoms with Gasteiger partial charge >= 0.3 is 5.97 Å². The number of carbonyl (C=O) groups excluding carboxylic acids is 1. The predicted molar refractivity (Wildman–Crippen MR) is 83.5 cm³/mol. The monoisotopic (exact) mass is 365 g/mol. The Labute approximate surface area is 134 Å². The number of nitro groups is 1. The summed E-state index contributed by atoms with van der Waals surface area (Å²) in [5.41, 5.74) is 0.0132. The van der Waals surface area contributed by atoms with Crippen molar-refractivity contribution >= 4 is 27.6 Å². The van der Waals surface area contributed by atoms with Crippen LogP contribution in [-0.4, -0.2) is 18.0 Å². The summed E-state index contributed by atoms with van der Waals surface area (Å²) in [6, 6.07) is 9.84. The van der Waals surface area contributed by atoms with Crippen molar-refractivity contribution in [3.05, 3.63) is 62.1 Å². The number of para-hydroxylation sites is 1. The molecule has 6 nitrogen and oxygen atoms in total. The summed E-state index contributed by atoms with van der Waals surface area (Å²) < 4.78 is 10.6. The number of esters is 1. The van der Waals surface area contributed by atoms with E-state index in [0.29, 0.717) is 5.75 Å². The van der Waals surface area contributed by atoms with E-state index in [4.69, 9.17) is 9.47 Å². The Bertz CT molecular complexity index is 730. The minimum Gasteiger partial charge on any atom is -0.496 e. The second-order valence-corrected chi connectivity index (χ2v) is 5.22. The largest absolute Gasteiger partial charge is 0.496 e. The highest BCUT2D eigenvalue weighted by Crippen LogP contribution is 2.37. The third kappa shape index (κ3) is 3.09. The molecule has 0 spiro atoms. The van der Waals surface area contributed by atoms with Crippen molar-refractivity contribution in [2.75, 3.05) is 7.11 Å². The second-order valence-electron chi connectivity index (χ2n) is 4.37. The van der Waals surface area contributed by atoms with Crippen LogP contribution in [0.15, 0.2) is 40.9 Å². The lowest BCUT2D eigenvalue weighted by molar-refractivity contribution is -0.386. The zero-order valence-corrected chi connectivity index (χ0v) is 13.4. The molecular weight excluding hydrogens is 354 g/mol. The summed E-state index contributed by atoms with van der Waals surface area (Å²) in [5, 5.41) is 11.2. The molecule has 2 aromatic carbocycles. The zero-order chi connectivity index (χ0) is 16.3. The van der Waals surface area contributed by atoms with Gasteiger partial charge in [-0.25, -0.2) is 4.79 Å². The Morgan fingerprint density at radius 3 is 2.45 bits per heavy atom. The van der Waals surface area contributed by atoms with E-state index < -0.39 is 10.9 Å². The summed E-state index contributed by atoms with van der Waals surface area (Å²) in [4.78, 5) is 23.0. The van der Waals surface area contributed by atoms with Gasteiger partial charge in [0.1, 0.15) is 17.1 Å². The van der Waals surface area contributed by atoms with Gasteiger partial charge in [0.2, 0.25) is 0 Å². The summed E-state index contributed by atoms with van der Waals surface area (Å²) in [6.07, 6.45) is 0. The fourth-order valence-corrected chi connectivity index (χ4v) is 2.67. The van der Waals surface area contributed by atoms with Gasteiger partial charge in [0, 0.05) is 11.6 Å². The highest BCUT2D eigenvalue weighted by molar-refractivity contribution is 9.10. The molecule has 0 N–H and O–H groups in total. The second kappa shape index (κ2) is 6.57. The Morgan fingerprint density at radius 2 is 1.91 bits per heavy atom. The molecule has 2 aromatic rings. The standard InChI is InChI=1S/C15H12BrNO5/c1-9-13(15(18)22-10-6-4-3-5-7-10)12(21-2)8-11(16)14(9)17(19)20/h3-8H,1-2H3. The van der Waals surface area contributed by atoms with Crippen molar-refractivity contribution in [2.45, 2.75) is 6.92 Å². The SMILES string of the molecule is COc1cc(Br)c([N+](=O)[O-])c(C)c1C(=O)Oc1ccccc1. The van der Waals surface area contributed by atoms with Crippen molar-refractivity contribution in [1.82, 2.24) is 0 Å². The zero-order valence-electron chi connectivity index (χ0n) is 11.8.